The summed E-state index contributed by atoms with van der Waals surface area (Å²) < 4.78 is 0.967. The summed E-state index contributed by atoms with van der Waals surface area (Å²) in [6.07, 6.45) is 5.56. The molecule has 0 saturated carbocycles. The summed E-state index contributed by atoms with van der Waals surface area (Å²) in [5.74, 6) is 0.0367. The zero-order chi connectivity index (χ0) is 13.8. The van der Waals surface area contributed by atoms with Gasteiger partial charge in [-0.3, -0.25) is 9.78 Å². The van der Waals surface area contributed by atoms with E-state index in [4.69, 9.17) is 5.73 Å². The summed E-state index contributed by atoms with van der Waals surface area (Å²) in [4.78, 5) is 19.1. The number of fused-ring (bicyclic) bond motifs is 1. The number of amides is 1. The number of anilines is 1. The average molecular weight is 277 g/mol. The third-order valence-corrected chi connectivity index (χ3v) is 4.32. The molecule has 4 nitrogen and oxygen atoms in total. The minimum Gasteiger partial charge on any atom is -0.397 e. The van der Waals surface area contributed by atoms with Crippen molar-refractivity contribution < 1.29 is 4.79 Å². The molecule has 0 fully saturated rings. The number of hydrogen-bond donors (Lipinski definition) is 1. The van der Waals surface area contributed by atoms with E-state index in [9.17, 15) is 4.79 Å². The SMILES string of the molecule is CCCCN(CC)C(=O)c1sc2cnccc2c1N. The highest BCUT2D eigenvalue weighted by atomic mass is 32.1. The predicted molar refractivity (Wildman–Crippen MR) is 80.5 cm³/mol. The van der Waals surface area contributed by atoms with Crippen LogP contribution in [0.1, 0.15) is 36.4 Å². The fourth-order valence-electron chi connectivity index (χ4n) is 2.03. The fraction of sp³-hybridized carbons (Fsp3) is 0.429. The third kappa shape index (κ3) is 2.71. The monoisotopic (exact) mass is 277 g/mol. The van der Waals surface area contributed by atoms with Crippen LogP contribution in [0.3, 0.4) is 0 Å². The number of thiophene rings is 1. The van der Waals surface area contributed by atoms with E-state index in [0.717, 1.165) is 29.5 Å². The molecule has 1 amide bonds. The zero-order valence-corrected chi connectivity index (χ0v) is 12.2. The van der Waals surface area contributed by atoms with Crippen LogP contribution in [-0.2, 0) is 0 Å². The van der Waals surface area contributed by atoms with E-state index in [2.05, 4.69) is 11.9 Å². The van der Waals surface area contributed by atoms with Crippen molar-refractivity contribution in [2.75, 3.05) is 18.8 Å². The van der Waals surface area contributed by atoms with Gasteiger partial charge in [-0.1, -0.05) is 13.3 Å². The second-order valence-electron chi connectivity index (χ2n) is 4.46. The van der Waals surface area contributed by atoms with Gasteiger partial charge in [-0.2, -0.15) is 0 Å². The largest absolute Gasteiger partial charge is 0.397 e. The van der Waals surface area contributed by atoms with Crippen LogP contribution < -0.4 is 5.73 Å². The number of rotatable bonds is 5. The maximum atomic E-state index is 12.5. The molecule has 0 atom stereocenters. The number of pyridine rings is 1. The fourth-order valence-corrected chi connectivity index (χ4v) is 3.08. The summed E-state index contributed by atoms with van der Waals surface area (Å²) in [5.41, 5.74) is 6.68. The van der Waals surface area contributed by atoms with Crippen molar-refractivity contribution in [1.82, 2.24) is 9.88 Å². The second-order valence-corrected chi connectivity index (χ2v) is 5.51. The molecule has 0 saturated heterocycles. The highest BCUT2D eigenvalue weighted by molar-refractivity contribution is 7.21. The Bertz CT molecular complexity index is 579. The van der Waals surface area contributed by atoms with Gasteiger partial charge in [-0.05, 0) is 19.4 Å². The molecule has 2 aromatic heterocycles. The highest BCUT2D eigenvalue weighted by Gasteiger charge is 2.20. The molecule has 5 heteroatoms. The average Bonchev–Trinajstić information content (AvgIpc) is 2.77. The van der Waals surface area contributed by atoms with E-state index in [1.807, 2.05) is 17.9 Å². The van der Waals surface area contributed by atoms with Gasteiger partial charge in [0, 0.05) is 30.9 Å². The van der Waals surface area contributed by atoms with Gasteiger partial charge in [0.05, 0.1) is 10.4 Å². The normalized spacial score (nSPS) is 10.8. The molecule has 0 bridgehead atoms. The second kappa shape index (κ2) is 6.02. The molecule has 2 N–H and O–H groups in total. The Hall–Kier alpha value is -1.62. The van der Waals surface area contributed by atoms with Gasteiger partial charge in [0.15, 0.2) is 0 Å². The molecule has 0 radical (unpaired) electrons. The summed E-state index contributed by atoms with van der Waals surface area (Å²) in [5, 5.41) is 0.926. The maximum absolute atomic E-state index is 12.5. The number of aromatic nitrogens is 1. The van der Waals surface area contributed by atoms with Crippen LogP contribution in [0.4, 0.5) is 5.69 Å². The molecule has 2 aromatic rings. The Morgan fingerprint density at radius 2 is 2.26 bits per heavy atom. The summed E-state index contributed by atoms with van der Waals surface area (Å²) in [6.45, 7) is 5.62. The van der Waals surface area contributed by atoms with Gasteiger partial charge >= 0.3 is 0 Å². The van der Waals surface area contributed by atoms with Crippen molar-refractivity contribution in [1.29, 1.82) is 0 Å². The van der Waals surface area contributed by atoms with E-state index in [1.165, 1.54) is 11.3 Å². The molecule has 2 rings (SSSR count). The molecule has 0 aliphatic carbocycles. The first-order valence-electron chi connectivity index (χ1n) is 6.60. The smallest absolute Gasteiger partial charge is 0.266 e. The lowest BCUT2D eigenvalue weighted by atomic mass is 10.2. The molecule has 0 spiro atoms. The molecule has 19 heavy (non-hydrogen) atoms. The molecular formula is C14H19N3OS. The summed E-state index contributed by atoms with van der Waals surface area (Å²) in [6, 6.07) is 1.86. The van der Waals surface area contributed by atoms with Crippen LogP contribution in [0.15, 0.2) is 18.5 Å². The van der Waals surface area contributed by atoms with Crippen LogP contribution >= 0.6 is 11.3 Å². The minimum atomic E-state index is 0.0367. The lowest BCUT2D eigenvalue weighted by molar-refractivity contribution is 0.0768. The van der Waals surface area contributed by atoms with Crippen LogP contribution in [-0.4, -0.2) is 28.9 Å². The number of nitrogen functional groups attached to an aromatic ring is 1. The summed E-state index contributed by atoms with van der Waals surface area (Å²) in [7, 11) is 0. The number of hydrogen-bond acceptors (Lipinski definition) is 4. The third-order valence-electron chi connectivity index (χ3n) is 3.18. The van der Waals surface area contributed by atoms with E-state index in [-0.39, 0.29) is 5.91 Å². The molecule has 0 aromatic carbocycles. The van der Waals surface area contributed by atoms with Crippen LogP contribution in [0.2, 0.25) is 0 Å². The molecule has 2 heterocycles. The number of unbranched alkanes of at least 4 members (excludes halogenated alkanes) is 1. The van der Waals surface area contributed by atoms with Crippen LogP contribution in [0.25, 0.3) is 10.1 Å². The molecule has 0 aliphatic heterocycles. The predicted octanol–water partition coefficient (Wildman–Crippen LogP) is 3.14. The van der Waals surface area contributed by atoms with E-state index in [0.29, 0.717) is 17.1 Å². The quantitative estimate of drug-likeness (QED) is 0.913. The Kier molecular flexibility index (Phi) is 4.37. The molecule has 102 valence electrons. The molecule has 0 aliphatic rings. The number of nitrogens with two attached hydrogens (primary N) is 1. The van der Waals surface area contributed by atoms with Crippen molar-refractivity contribution in [3.05, 3.63) is 23.3 Å². The van der Waals surface area contributed by atoms with E-state index in [1.54, 1.807) is 12.4 Å². The van der Waals surface area contributed by atoms with Gasteiger partial charge in [0.1, 0.15) is 4.88 Å². The Labute approximate surface area is 117 Å². The van der Waals surface area contributed by atoms with Gasteiger partial charge in [-0.15, -0.1) is 11.3 Å². The van der Waals surface area contributed by atoms with Crippen molar-refractivity contribution in [3.63, 3.8) is 0 Å². The lowest BCUT2D eigenvalue weighted by Crippen LogP contribution is -2.31. The van der Waals surface area contributed by atoms with Gasteiger partial charge in [-0.25, -0.2) is 0 Å². The van der Waals surface area contributed by atoms with Gasteiger partial charge in [0.25, 0.3) is 5.91 Å². The van der Waals surface area contributed by atoms with Crippen molar-refractivity contribution in [2.45, 2.75) is 26.7 Å². The maximum Gasteiger partial charge on any atom is 0.266 e. The lowest BCUT2D eigenvalue weighted by Gasteiger charge is -2.20. The first kappa shape index (κ1) is 13.8. The van der Waals surface area contributed by atoms with E-state index >= 15 is 0 Å². The first-order chi connectivity index (χ1) is 9.19. The summed E-state index contributed by atoms with van der Waals surface area (Å²) >= 11 is 1.43. The standard InChI is InChI=1S/C14H19N3OS/c1-3-5-8-17(4-2)14(18)13-12(15)10-6-7-16-9-11(10)19-13/h6-7,9H,3-5,8,15H2,1-2H3. The van der Waals surface area contributed by atoms with Gasteiger partial charge < -0.3 is 10.6 Å². The zero-order valence-electron chi connectivity index (χ0n) is 11.3. The molecular weight excluding hydrogens is 258 g/mol. The topological polar surface area (TPSA) is 59.2 Å². The first-order valence-corrected chi connectivity index (χ1v) is 7.41. The Morgan fingerprint density at radius 1 is 1.47 bits per heavy atom. The highest BCUT2D eigenvalue weighted by Crippen LogP contribution is 2.33. The van der Waals surface area contributed by atoms with Crippen molar-refractivity contribution in [2.24, 2.45) is 0 Å². The number of carbonyl (C=O) groups is 1. The van der Waals surface area contributed by atoms with Gasteiger partial charge in [0.2, 0.25) is 0 Å². The van der Waals surface area contributed by atoms with Crippen molar-refractivity contribution in [3.8, 4) is 0 Å². The molecule has 0 unspecified atom stereocenters. The van der Waals surface area contributed by atoms with Crippen molar-refractivity contribution >= 4 is 33.0 Å². The Morgan fingerprint density at radius 3 is 2.89 bits per heavy atom. The van der Waals surface area contributed by atoms with E-state index < -0.39 is 0 Å². The number of carbonyl (C=O) groups excluding carboxylic acids is 1. The van der Waals surface area contributed by atoms with Crippen LogP contribution in [0.5, 0.6) is 0 Å². The van der Waals surface area contributed by atoms with Crippen LogP contribution in [0, 0.1) is 0 Å². The Balaban J connectivity index is 2.32. The number of nitrogens with zero attached hydrogens (tertiary/aromatic N) is 2. The minimum absolute atomic E-state index is 0.0367.